The maximum atomic E-state index is 13.0. The molecule has 0 atom stereocenters. The van der Waals surface area contributed by atoms with E-state index >= 15 is 0 Å². The summed E-state index contributed by atoms with van der Waals surface area (Å²) in [6.45, 7) is 7.30. The van der Waals surface area contributed by atoms with Crippen LogP contribution in [0.25, 0.3) is 0 Å². The predicted octanol–water partition coefficient (Wildman–Crippen LogP) is 2.91. The maximum absolute atomic E-state index is 13.0. The van der Waals surface area contributed by atoms with E-state index in [0.717, 1.165) is 0 Å². The van der Waals surface area contributed by atoms with Gasteiger partial charge in [-0.1, -0.05) is 0 Å². The first-order chi connectivity index (χ1) is 12.9. The number of esters is 1. The highest BCUT2D eigenvalue weighted by molar-refractivity contribution is 5.95. The lowest BCUT2D eigenvalue weighted by molar-refractivity contribution is -0.143. The van der Waals surface area contributed by atoms with Crippen molar-refractivity contribution in [1.82, 2.24) is 4.90 Å². The van der Waals surface area contributed by atoms with E-state index < -0.39 is 0 Å². The van der Waals surface area contributed by atoms with Crippen LogP contribution in [0.2, 0.25) is 0 Å². The van der Waals surface area contributed by atoms with E-state index in [4.69, 9.17) is 18.9 Å². The number of hydrogen-bond donors (Lipinski definition) is 0. The summed E-state index contributed by atoms with van der Waals surface area (Å²) in [7, 11) is 3.07. The third-order valence-corrected chi connectivity index (χ3v) is 3.80. The van der Waals surface area contributed by atoms with Crippen LogP contribution in [0, 0.1) is 0 Å². The summed E-state index contributed by atoms with van der Waals surface area (Å²) in [4.78, 5) is 26.3. The van der Waals surface area contributed by atoms with E-state index in [1.165, 1.54) is 14.2 Å². The van der Waals surface area contributed by atoms with Gasteiger partial charge in [0.25, 0.3) is 5.91 Å². The minimum absolute atomic E-state index is 0.135. The van der Waals surface area contributed by atoms with Gasteiger partial charge in [0.15, 0.2) is 0 Å². The monoisotopic (exact) mass is 381 g/mol. The molecule has 1 aromatic rings. The molecule has 0 spiro atoms. The number of benzene rings is 1. The Kier molecular flexibility index (Phi) is 10.3. The zero-order valence-electron chi connectivity index (χ0n) is 16.9. The van der Waals surface area contributed by atoms with Crippen LogP contribution in [0.5, 0.6) is 11.5 Å². The summed E-state index contributed by atoms with van der Waals surface area (Å²) in [6, 6.07) is 5.02. The second kappa shape index (κ2) is 12.2. The molecule has 0 heterocycles. The average Bonchev–Trinajstić information content (AvgIpc) is 2.66. The fraction of sp³-hybridized carbons (Fsp3) is 0.600. The summed E-state index contributed by atoms with van der Waals surface area (Å²) in [5.74, 6) is 0.551. The highest BCUT2D eigenvalue weighted by atomic mass is 16.5. The molecule has 0 aliphatic heterocycles. The lowest BCUT2D eigenvalue weighted by Gasteiger charge is -2.23. The molecule has 1 amide bonds. The molecule has 27 heavy (non-hydrogen) atoms. The number of nitrogens with zero attached hydrogens (tertiary/aromatic N) is 1. The number of hydrogen-bond acceptors (Lipinski definition) is 6. The van der Waals surface area contributed by atoms with Gasteiger partial charge >= 0.3 is 5.97 Å². The molecule has 0 saturated heterocycles. The number of carbonyl (C=O) groups excluding carboxylic acids is 2. The first kappa shape index (κ1) is 22.8. The number of amides is 1. The number of carbonyl (C=O) groups is 2. The molecule has 0 aliphatic carbocycles. The Labute approximate surface area is 161 Å². The molecule has 0 aromatic heterocycles. The van der Waals surface area contributed by atoms with Crippen molar-refractivity contribution in [3.05, 3.63) is 23.8 Å². The van der Waals surface area contributed by atoms with Gasteiger partial charge in [-0.2, -0.15) is 0 Å². The first-order valence-electron chi connectivity index (χ1n) is 9.20. The summed E-state index contributed by atoms with van der Waals surface area (Å²) >= 11 is 0. The van der Waals surface area contributed by atoms with Crippen molar-refractivity contribution in [3.63, 3.8) is 0 Å². The number of ether oxygens (including phenoxy) is 4. The third kappa shape index (κ3) is 8.30. The Morgan fingerprint density at radius 3 is 2.19 bits per heavy atom. The standard InChI is InChI=1S/C20H31NO6/c1-6-26-19(22)8-10-21(9-7-11-27-15(2)3)20(23)16-12-17(24-4)14-18(13-16)25-5/h12-15H,6-11H2,1-5H3. The third-order valence-electron chi connectivity index (χ3n) is 3.80. The Morgan fingerprint density at radius 1 is 1.04 bits per heavy atom. The van der Waals surface area contributed by atoms with Gasteiger partial charge in [-0.05, 0) is 39.3 Å². The summed E-state index contributed by atoms with van der Waals surface area (Å²) in [5.41, 5.74) is 0.444. The van der Waals surface area contributed by atoms with Crippen molar-refractivity contribution >= 4 is 11.9 Å². The summed E-state index contributed by atoms with van der Waals surface area (Å²) < 4.78 is 21.0. The minimum atomic E-state index is -0.322. The van der Waals surface area contributed by atoms with Crippen LogP contribution in [-0.2, 0) is 14.3 Å². The Hall–Kier alpha value is -2.28. The molecule has 0 unspecified atom stereocenters. The Balaban J connectivity index is 2.88. The van der Waals surface area contributed by atoms with Crippen molar-refractivity contribution in [1.29, 1.82) is 0 Å². The number of rotatable bonds is 12. The van der Waals surface area contributed by atoms with Gasteiger partial charge in [0, 0.05) is 31.3 Å². The molecule has 0 bridgehead atoms. The lowest BCUT2D eigenvalue weighted by Crippen LogP contribution is -2.35. The van der Waals surface area contributed by atoms with E-state index in [1.807, 2.05) is 13.8 Å². The normalized spacial score (nSPS) is 10.6. The van der Waals surface area contributed by atoms with Crippen LogP contribution in [0.4, 0.5) is 0 Å². The highest BCUT2D eigenvalue weighted by Gasteiger charge is 2.19. The molecule has 0 saturated carbocycles. The molecule has 7 nitrogen and oxygen atoms in total. The largest absolute Gasteiger partial charge is 0.497 e. The van der Waals surface area contributed by atoms with Crippen molar-refractivity contribution in [2.45, 2.75) is 39.7 Å². The van der Waals surface area contributed by atoms with Crippen LogP contribution in [0.3, 0.4) is 0 Å². The topological polar surface area (TPSA) is 74.3 Å². The molecule has 1 rings (SSSR count). The van der Waals surface area contributed by atoms with Crippen LogP contribution in [0.15, 0.2) is 18.2 Å². The van der Waals surface area contributed by atoms with E-state index in [0.29, 0.717) is 43.2 Å². The van der Waals surface area contributed by atoms with Gasteiger partial charge < -0.3 is 23.8 Å². The van der Waals surface area contributed by atoms with Gasteiger partial charge in [-0.25, -0.2) is 0 Å². The van der Waals surface area contributed by atoms with Gasteiger partial charge in [0.05, 0.1) is 33.4 Å². The molecule has 0 fully saturated rings. The molecule has 0 aliphatic rings. The van der Waals surface area contributed by atoms with Gasteiger partial charge in [-0.3, -0.25) is 9.59 Å². The predicted molar refractivity (Wildman–Crippen MR) is 102 cm³/mol. The molecule has 7 heteroatoms. The first-order valence-corrected chi connectivity index (χ1v) is 9.20. The number of methoxy groups -OCH3 is 2. The van der Waals surface area contributed by atoms with Crippen LogP contribution >= 0.6 is 0 Å². The van der Waals surface area contributed by atoms with Crippen LogP contribution in [0.1, 0.15) is 44.0 Å². The van der Waals surface area contributed by atoms with Crippen molar-refractivity contribution < 1.29 is 28.5 Å². The van der Waals surface area contributed by atoms with E-state index in [9.17, 15) is 9.59 Å². The van der Waals surface area contributed by atoms with E-state index in [1.54, 1.807) is 30.0 Å². The smallest absolute Gasteiger partial charge is 0.307 e. The molecular weight excluding hydrogens is 350 g/mol. The van der Waals surface area contributed by atoms with Gasteiger partial charge in [-0.15, -0.1) is 0 Å². The van der Waals surface area contributed by atoms with Gasteiger partial charge in [0.2, 0.25) is 0 Å². The summed E-state index contributed by atoms with van der Waals surface area (Å²) in [5, 5.41) is 0. The fourth-order valence-corrected chi connectivity index (χ4v) is 2.46. The lowest BCUT2D eigenvalue weighted by atomic mass is 10.1. The fourth-order valence-electron chi connectivity index (χ4n) is 2.46. The molecule has 1 aromatic carbocycles. The van der Waals surface area contributed by atoms with E-state index in [-0.39, 0.29) is 30.9 Å². The van der Waals surface area contributed by atoms with Crippen molar-refractivity contribution in [3.8, 4) is 11.5 Å². The Bertz CT molecular complexity index is 580. The van der Waals surface area contributed by atoms with Gasteiger partial charge in [0.1, 0.15) is 11.5 Å². The molecule has 0 radical (unpaired) electrons. The summed E-state index contributed by atoms with van der Waals surface area (Å²) in [6.07, 6.45) is 0.955. The van der Waals surface area contributed by atoms with E-state index in [2.05, 4.69) is 0 Å². The minimum Gasteiger partial charge on any atom is -0.497 e. The molecule has 152 valence electrons. The average molecular weight is 381 g/mol. The van der Waals surface area contributed by atoms with Crippen LogP contribution < -0.4 is 9.47 Å². The molecular formula is C20H31NO6. The highest BCUT2D eigenvalue weighted by Crippen LogP contribution is 2.23. The van der Waals surface area contributed by atoms with Crippen molar-refractivity contribution in [2.24, 2.45) is 0 Å². The van der Waals surface area contributed by atoms with Crippen LogP contribution in [-0.4, -0.2) is 63.4 Å². The van der Waals surface area contributed by atoms with Crippen molar-refractivity contribution in [2.75, 3.05) is 40.5 Å². The Morgan fingerprint density at radius 2 is 1.67 bits per heavy atom. The zero-order valence-corrected chi connectivity index (χ0v) is 16.9. The SMILES string of the molecule is CCOC(=O)CCN(CCCOC(C)C)C(=O)c1cc(OC)cc(OC)c1. The maximum Gasteiger partial charge on any atom is 0.307 e. The second-order valence-electron chi connectivity index (χ2n) is 6.22. The zero-order chi connectivity index (χ0) is 20.2. The second-order valence-corrected chi connectivity index (χ2v) is 6.22. The quantitative estimate of drug-likeness (QED) is 0.409. The molecule has 0 N–H and O–H groups in total.